The van der Waals surface area contributed by atoms with Crippen molar-refractivity contribution in [2.24, 2.45) is 0 Å². The van der Waals surface area contributed by atoms with Gasteiger partial charge in [0.05, 0.1) is 5.00 Å². The molecule has 0 amide bonds. The Hall–Kier alpha value is -0.760. The number of hydrogen-bond donors (Lipinski definition) is 1. The fourth-order valence-electron chi connectivity index (χ4n) is 0.932. The molecule has 0 fully saturated rings. The molecule has 2 rings (SSSR count). The number of fused-ring (bicyclic) bond motifs is 1. The maximum absolute atomic E-state index is 3.27. The molecule has 2 heterocycles. The van der Waals surface area contributed by atoms with Crippen molar-refractivity contribution in [3.63, 3.8) is 0 Å². The largest absolute Gasteiger partial charge is 0.373 e. The second kappa shape index (κ2) is 1.88. The lowest BCUT2D eigenvalue weighted by atomic mass is 10.2. The van der Waals surface area contributed by atoms with Gasteiger partial charge in [-0.05, 0) is 11.4 Å². The summed E-state index contributed by atoms with van der Waals surface area (Å²) in [4.78, 5) is 0. The number of thiophene rings is 1. The van der Waals surface area contributed by atoms with Crippen LogP contribution in [0.2, 0.25) is 0 Å². The van der Waals surface area contributed by atoms with Crippen LogP contribution in [0.1, 0.15) is 5.56 Å². The highest BCUT2D eigenvalue weighted by Crippen LogP contribution is 2.26. The molecule has 0 radical (unpaired) electrons. The van der Waals surface area contributed by atoms with Crippen molar-refractivity contribution in [1.29, 1.82) is 0 Å². The molecule has 1 aliphatic rings. The molecule has 0 unspecified atom stereocenters. The summed E-state index contributed by atoms with van der Waals surface area (Å²) in [5.74, 6) is 0. The smallest absolute Gasteiger partial charge is 0.0958 e. The Labute approximate surface area is 58.0 Å². The first-order valence-corrected chi connectivity index (χ1v) is 3.83. The lowest BCUT2D eigenvalue weighted by Crippen LogP contribution is -2.00. The maximum atomic E-state index is 3.27. The van der Waals surface area contributed by atoms with Gasteiger partial charge in [0, 0.05) is 12.1 Å². The van der Waals surface area contributed by atoms with Crippen molar-refractivity contribution in [3.8, 4) is 0 Å². The van der Waals surface area contributed by atoms with E-state index in [0.717, 1.165) is 6.54 Å². The van der Waals surface area contributed by atoms with Crippen LogP contribution < -0.4 is 5.32 Å². The fourth-order valence-corrected chi connectivity index (χ4v) is 1.72. The molecule has 1 aromatic rings. The van der Waals surface area contributed by atoms with E-state index < -0.39 is 0 Å². The van der Waals surface area contributed by atoms with Gasteiger partial charge in [-0.3, -0.25) is 0 Å². The summed E-state index contributed by atoms with van der Waals surface area (Å²) in [6, 6.07) is 2.13. The molecule has 0 saturated heterocycles. The summed E-state index contributed by atoms with van der Waals surface area (Å²) in [5.41, 5.74) is 1.33. The average Bonchev–Trinajstić information content (AvgIpc) is 2.33. The van der Waals surface area contributed by atoms with Crippen molar-refractivity contribution in [2.75, 3.05) is 11.9 Å². The van der Waals surface area contributed by atoms with E-state index in [1.807, 2.05) is 0 Å². The van der Waals surface area contributed by atoms with Gasteiger partial charge in [-0.2, -0.15) is 0 Å². The summed E-state index contributed by atoms with van der Waals surface area (Å²) in [5, 5.41) is 6.68. The molecule has 0 aliphatic carbocycles. The third kappa shape index (κ3) is 0.754. The number of hydrogen-bond acceptors (Lipinski definition) is 2. The highest BCUT2D eigenvalue weighted by Gasteiger charge is 2.01. The van der Waals surface area contributed by atoms with Gasteiger partial charge in [-0.15, -0.1) is 11.3 Å². The Morgan fingerprint density at radius 3 is 3.44 bits per heavy atom. The number of nitrogens with one attached hydrogen (secondary N) is 1. The monoisotopic (exact) mass is 137 g/mol. The number of anilines is 1. The molecular weight excluding hydrogens is 130 g/mol. The van der Waals surface area contributed by atoms with Crippen molar-refractivity contribution in [1.82, 2.24) is 0 Å². The molecule has 1 aromatic heterocycles. The van der Waals surface area contributed by atoms with Gasteiger partial charge in [0.15, 0.2) is 0 Å². The van der Waals surface area contributed by atoms with Gasteiger partial charge in [0.1, 0.15) is 0 Å². The molecule has 9 heavy (non-hydrogen) atoms. The normalized spacial score (nSPS) is 14.7. The standard InChI is InChI=1S/C7H7NS/c1-2-6-3-5-9-7(6)8-4-1/h1-3,5,8H,4H2. The lowest BCUT2D eigenvalue weighted by Gasteiger charge is -2.05. The van der Waals surface area contributed by atoms with Gasteiger partial charge in [-0.25, -0.2) is 0 Å². The van der Waals surface area contributed by atoms with Crippen LogP contribution in [0, 0.1) is 0 Å². The van der Waals surface area contributed by atoms with Gasteiger partial charge in [0.25, 0.3) is 0 Å². The Morgan fingerprint density at radius 1 is 1.56 bits per heavy atom. The summed E-state index contributed by atoms with van der Waals surface area (Å²) in [6.45, 7) is 0.980. The van der Waals surface area contributed by atoms with Crippen molar-refractivity contribution < 1.29 is 0 Å². The predicted octanol–water partition coefficient (Wildman–Crippen LogP) is 2.19. The minimum atomic E-state index is 0.980. The molecule has 0 saturated carbocycles. The zero-order chi connectivity index (χ0) is 6.10. The Balaban J connectivity index is 2.53. The van der Waals surface area contributed by atoms with Crippen LogP contribution in [0.3, 0.4) is 0 Å². The number of rotatable bonds is 0. The van der Waals surface area contributed by atoms with Crippen LogP contribution in [0.25, 0.3) is 6.08 Å². The molecular formula is C7H7NS. The lowest BCUT2D eigenvalue weighted by molar-refractivity contribution is 1.35. The van der Waals surface area contributed by atoms with Crippen LogP contribution in [0.15, 0.2) is 17.5 Å². The summed E-state index contributed by atoms with van der Waals surface area (Å²) >= 11 is 1.76. The van der Waals surface area contributed by atoms with Gasteiger partial charge in [0.2, 0.25) is 0 Å². The molecule has 0 aromatic carbocycles. The Kier molecular flexibility index (Phi) is 1.06. The van der Waals surface area contributed by atoms with E-state index in [-0.39, 0.29) is 0 Å². The second-order valence-electron chi connectivity index (χ2n) is 1.99. The molecule has 0 atom stereocenters. The highest BCUT2D eigenvalue weighted by atomic mass is 32.1. The van der Waals surface area contributed by atoms with E-state index in [1.165, 1.54) is 10.6 Å². The van der Waals surface area contributed by atoms with E-state index >= 15 is 0 Å². The van der Waals surface area contributed by atoms with Crippen LogP contribution in [0.4, 0.5) is 5.00 Å². The van der Waals surface area contributed by atoms with E-state index in [4.69, 9.17) is 0 Å². The Bertz CT molecular complexity index is 237. The van der Waals surface area contributed by atoms with E-state index in [0.29, 0.717) is 0 Å². The molecule has 1 N–H and O–H groups in total. The zero-order valence-corrected chi connectivity index (χ0v) is 5.74. The summed E-state index contributed by atoms with van der Waals surface area (Å²) in [7, 11) is 0. The molecule has 1 nitrogen and oxygen atoms in total. The SMILES string of the molecule is C1=Cc2ccsc2NC1. The first-order chi connectivity index (χ1) is 4.47. The highest BCUT2D eigenvalue weighted by molar-refractivity contribution is 7.14. The van der Waals surface area contributed by atoms with E-state index in [2.05, 4.69) is 28.9 Å². The van der Waals surface area contributed by atoms with Crippen LogP contribution >= 0.6 is 11.3 Å². The summed E-state index contributed by atoms with van der Waals surface area (Å²) < 4.78 is 0. The van der Waals surface area contributed by atoms with Gasteiger partial charge < -0.3 is 5.32 Å². The topological polar surface area (TPSA) is 12.0 Å². The molecule has 0 bridgehead atoms. The third-order valence-electron chi connectivity index (χ3n) is 1.37. The summed E-state index contributed by atoms with van der Waals surface area (Å²) in [6.07, 6.45) is 4.29. The minimum Gasteiger partial charge on any atom is -0.373 e. The quantitative estimate of drug-likeness (QED) is 0.578. The van der Waals surface area contributed by atoms with Crippen LogP contribution in [-0.4, -0.2) is 6.54 Å². The first-order valence-electron chi connectivity index (χ1n) is 2.95. The van der Waals surface area contributed by atoms with E-state index in [1.54, 1.807) is 11.3 Å². The minimum absolute atomic E-state index is 0.980. The van der Waals surface area contributed by atoms with Gasteiger partial charge >= 0.3 is 0 Å². The average molecular weight is 137 g/mol. The van der Waals surface area contributed by atoms with E-state index in [9.17, 15) is 0 Å². The van der Waals surface area contributed by atoms with Crippen LogP contribution in [0.5, 0.6) is 0 Å². The predicted molar refractivity (Wildman–Crippen MR) is 41.8 cm³/mol. The van der Waals surface area contributed by atoms with Crippen LogP contribution in [-0.2, 0) is 0 Å². The molecule has 0 spiro atoms. The maximum Gasteiger partial charge on any atom is 0.0958 e. The second-order valence-corrected chi connectivity index (χ2v) is 2.90. The molecule has 2 heteroatoms. The van der Waals surface area contributed by atoms with Crippen molar-refractivity contribution in [3.05, 3.63) is 23.1 Å². The third-order valence-corrected chi connectivity index (χ3v) is 2.26. The van der Waals surface area contributed by atoms with Crippen molar-refractivity contribution in [2.45, 2.75) is 0 Å². The fraction of sp³-hybridized carbons (Fsp3) is 0.143. The zero-order valence-electron chi connectivity index (χ0n) is 4.92. The molecule has 1 aliphatic heterocycles. The first kappa shape index (κ1) is 5.06. The van der Waals surface area contributed by atoms with Crippen molar-refractivity contribution >= 4 is 22.4 Å². The van der Waals surface area contributed by atoms with Gasteiger partial charge in [-0.1, -0.05) is 12.2 Å². The molecule has 46 valence electrons. The Morgan fingerprint density at radius 2 is 2.56 bits per heavy atom.